The molecule has 3 aromatic carbocycles. The molecule has 190 valence electrons. The fourth-order valence-electron chi connectivity index (χ4n) is 5.45. The summed E-state index contributed by atoms with van der Waals surface area (Å²) in [6.45, 7) is 7.02. The van der Waals surface area contributed by atoms with E-state index in [0.717, 1.165) is 17.0 Å². The average molecular weight is 522 g/mol. The molecule has 0 bridgehead atoms. The fraction of sp³-hybridized carbons (Fsp3) is 0.172. The van der Waals surface area contributed by atoms with Gasteiger partial charge in [-0.1, -0.05) is 81.4 Å². The van der Waals surface area contributed by atoms with Gasteiger partial charge in [-0.3, -0.25) is 4.57 Å². The number of rotatable bonds is 5. The standard InChI is InChI=1S/C29H27N5O3Si/c1-29(2,3)38(21-10-6-4-7-11-21,22-12-8-5-9-13-22)37-20-14-15-24-23(16-20)27-32-31-19-33(27)17-25-26(28(35)36)30-18-34(24)25/h4-16,18-19H,17H2,1-3H3,(H,35,36). The van der Waals surface area contributed by atoms with Crippen LogP contribution in [0.2, 0.25) is 5.04 Å². The normalized spacial score (nSPS) is 12.7. The van der Waals surface area contributed by atoms with Gasteiger partial charge in [-0.25, -0.2) is 9.78 Å². The van der Waals surface area contributed by atoms with Crippen LogP contribution in [0.25, 0.3) is 17.1 Å². The van der Waals surface area contributed by atoms with Crippen LogP contribution >= 0.6 is 0 Å². The molecule has 5 aromatic rings. The van der Waals surface area contributed by atoms with Gasteiger partial charge in [0.2, 0.25) is 0 Å². The Morgan fingerprint density at radius 1 is 0.947 bits per heavy atom. The van der Waals surface area contributed by atoms with Crippen molar-refractivity contribution in [1.82, 2.24) is 24.3 Å². The number of fused-ring (bicyclic) bond motifs is 5. The summed E-state index contributed by atoms with van der Waals surface area (Å²) in [6.07, 6.45) is 3.17. The number of nitrogens with zero attached hydrogens (tertiary/aromatic N) is 5. The number of carbonyl (C=O) groups is 1. The second-order valence-corrected chi connectivity index (χ2v) is 14.7. The Balaban J connectivity index is 1.56. The average Bonchev–Trinajstić information content (AvgIpc) is 3.53. The number of hydrogen-bond acceptors (Lipinski definition) is 5. The van der Waals surface area contributed by atoms with Crippen molar-refractivity contribution in [3.8, 4) is 22.8 Å². The summed E-state index contributed by atoms with van der Waals surface area (Å²) in [5.74, 6) is 0.297. The minimum Gasteiger partial charge on any atom is -0.534 e. The number of carboxylic acids is 1. The molecular formula is C29H27N5O3Si. The fourth-order valence-corrected chi connectivity index (χ4v) is 9.86. The van der Waals surface area contributed by atoms with Gasteiger partial charge in [0.25, 0.3) is 0 Å². The maximum Gasteiger partial charge on any atom is 0.356 e. The van der Waals surface area contributed by atoms with E-state index in [2.05, 4.69) is 84.5 Å². The Morgan fingerprint density at radius 2 is 1.61 bits per heavy atom. The number of imidazole rings is 1. The molecule has 0 radical (unpaired) electrons. The molecule has 38 heavy (non-hydrogen) atoms. The highest BCUT2D eigenvalue weighted by atomic mass is 28.4. The highest BCUT2D eigenvalue weighted by Crippen LogP contribution is 2.40. The lowest BCUT2D eigenvalue weighted by Crippen LogP contribution is -2.68. The second-order valence-electron chi connectivity index (χ2n) is 10.4. The first-order chi connectivity index (χ1) is 18.3. The van der Waals surface area contributed by atoms with Gasteiger partial charge in [0.1, 0.15) is 18.4 Å². The van der Waals surface area contributed by atoms with Gasteiger partial charge in [0.15, 0.2) is 11.5 Å². The summed E-state index contributed by atoms with van der Waals surface area (Å²) in [7, 11) is -2.85. The van der Waals surface area contributed by atoms with Gasteiger partial charge in [-0.15, -0.1) is 10.2 Å². The van der Waals surface area contributed by atoms with Gasteiger partial charge in [0, 0.05) is 5.56 Å². The molecule has 0 spiro atoms. The topological polar surface area (TPSA) is 95.1 Å². The van der Waals surface area contributed by atoms with Gasteiger partial charge < -0.3 is 14.1 Å². The minimum absolute atomic E-state index is 0.0186. The first-order valence-corrected chi connectivity index (χ1v) is 14.3. The van der Waals surface area contributed by atoms with E-state index in [1.807, 2.05) is 39.5 Å². The zero-order valence-corrected chi connectivity index (χ0v) is 22.4. The van der Waals surface area contributed by atoms with E-state index in [-0.39, 0.29) is 10.7 Å². The molecular weight excluding hydrogens is 494 g/mol. The molecule has 3 heterocycles. The number of aromatic nitrogens is 5. The molecule has 0 aliphatic carbocycles. The molecule has 1 aliphatic rings. The summed E-state index contributed by atoms with van der Waals surface area (Å²) >= 11 is 0. The highest BCUT2D eigenvalue weighted by molar-refractivity contribution is 7.00. The van der Waals surface area contributed by atoms with E-state index < -0.39 is 14.3 Å². The SMILES string of the molecule is CC(C)(C)[Si](Oc1ccc2c(c1)-c1nncn1Cc1c(C(=O)O)ncn1-2)(c1ccccc1)c1ccccc1. The Kier molecular flexibility index (Phi) is 5.53. The largest absolute Gasteiger partial charge is 0.534 e. The second kappa shape index (κ2) is 8.81. The molecule has 0 saturated heterocycles. The van der Waals surface area contributed by atoms with E-state index >= 15 is 0 Å². The molecule has 0 atom stereocenters. The zero-order valence-electron chi connectivity index (χ0n) is 21.4. The third-order valence-electron chi connectivity index (χ3n) is 7.16. The van der Waals surface area contributed by atoms with E-state index in [1.54, 1.807) is 12.7 Å². The molecule has 0 unspecified atom stereocenters. The molecule has 0 saturated carbocycles. The van der Waals surface area contributed by atoms with Crippen LogP contribution in [0.15, 0.2) is 91.5 Å². The summed E-state index contributed by atoms with van der Waals surface area (Å²) in [4.78, 5) is 16.0. The predicted molar refractivity (Wildman–Crippen MR) is 147 cm³/mol. The highest BCUT2D eigenvalue weighted by Gasteiger charge is 2.52. The Hall–Kier alpha value is -4.50. The maximum absolute atomic E-state index is 11.9. The van der Waals surface area contributed by atoms with Gasteiger partial charge in [0.05, 0.1) is 17.9 Å². The molecule has 1 aliphatic heterocycles. The van der Waals surface area contributed by atoms with E-state index in [4.69, 9.17) is 4.43 Å². The van der Waals surface area contributed by atoms with Crippen LogP contribution in [0.3, 0.4) is 0 Å². The summed E-state index contributed by atoms with van der Waals surface area (Å²) in [6, 6.07) is 26.9. The first kappa shape index (κ1) is 23.9. The van der Waals surface area contributed by atoms with Crippen LogP contribution in [-0.2, 0) is 6.54 Å². The summed E-state index contributed by atoms with van der Waals surface area (Å²) in [5, 5.41) is 20.4. The van der Waals surface area contributed by atoms with E-state index in [0.29, 0.717) is 18.1 Å². The molecule has 8 nitrogen and oxygen atoms in total. The molecule has 9 heteroatoms. The van der Waals surface area contributed by atoms with Crippen LogP contribution in [0.4, 0.5) is 0 Å². The third kappa shape index (κ3) is 3.66. The molecule has 1 N–H and O–H groups in total. The van der Waals surface area contributed by atoms with Crippen LogP contribution in [0, 0.1) is 0 Å². The van der Waals surface area contributed by atoms with Gasteiger partial charge in [-0.2, -0.15) is 0 Å². The number of carboxylic acid groups (broad SMARTS) is 1. The zero-order chi connectivity index (χ0) is 26.5. The monoisotopic (exact) mass is 521 g/mol. The van der Waals surface area contributed by atoms with Crippen molar-refractivity contribution in [1.29, 1.82) is 0 Å². The van der Waals surface area contributed by atoms with Crippen LogP contribution in [0.1, 0.15) is 37.0 Å². The molecule has 6 rings (SSSR count). The molecule has 0 amide bonds. The van der Waals surface area contributed by atoms with E-state index in [9.17, 15) is 9.90 Å². The van der Waals surface area contributed by atoms with Crippen molar-refractivity contribution in [3.05, 3.63) is 103 Å². The lowest BCUT2D eigenvalue weighted by molar-refractivity contribution is 0.0689. The van der Waals surface area contributed by atoms with Crippen molar-refractivity contribution in [2.24, 2.45) is 0 Å². The van der Waals surface area contributed by atoms with Crippen molar-refractivity contribution in [2.75, 3.05) is 0 Å². The third-order valence-corrected chi connectivity index (χ3v) is 12.1. The molecule has 0 fully saturated rings. The van der Waals surface area contributed by atoms with Crippen LogP contribution < -0.4 is 14.8 Å². The van der Waals surface area contributed by atoms with E-state index in [1.165, 1.54) is 10.4 Å². The first-order valence-electron chi connectivity index (χ1n) is 12.4. The Bertz CT molecular complexity index is 1600. The predicted octanol–water partition coefficient (Wildman–Crippen LogP) is 4.13. The van der Waals surface area contributed by atoms with Crippen molar-refractivity contribution >= 4 is 24.7 Å². The summed E-state index contributed by atoms with van der Waals surface area (Å²) in [5.41, 5.74) is 2.16. The lowest BCUT2D eigenvalue weighted by atomic mass is 10.1. The number of benzene rings is 3. The number of aromatic carboxylic acids is 1. The van der Waals surface area contributed by atoms with Gasteiger partial charge in [-0.05, 0) is 33.6 Å². The quantitative estimate of drug-likeness (QED) is 0.343. The Labute approximate surface area is 221 Å². The summed E-state index contributed by atoms with van der Waals surface area (Å²) < 4.78 is 10.9. The van der Waals surface area contributed by atoms with Crippen molar-refractivity contribution in [3.63, 3.8) is 0 Å². The smallest absolute Gasteiger partial charge is 0.356 e. The van der Waals surface area contributed by atoms with Crippen LogP contribution in [-0.4, -0.2) is 43.7 Å². The van der Waals surface area contributed by atoms with Crippen molar-refractivity contribution < 1.29 is 14.3 Å². The maximum atomic E-state index is 11.9. The van der Waals surface area contributed by atoms with Crippen molar-refractivity contribution in [2.45, 2.75) is 32.4 Å². The minimum atomic E-state index is -2.85. The number of hydrogen-bond donors (Lipinski definition) is 1. The van der Waals surface area contributed by atoms with Crippen LogP contribution in [0.5, 0.6) is 5.75 Å². The van der Waals surface area contributed by atoms with Gasteiger partial charge >= 0.3 is 14.3 Å². The lowest BCUT2D eigenvalue weighted by Gasteiger charge is -2.43. The molecule has 2 aromatic heterocycles. The Morgan fingerprint density at radius 3 is 2.21 bits per heavy atom.